The average molecular weight is 700 g/mol. The molecule has 5 nitrogen and oxygen atoms in total. The molecule has 0 fully saturated rings. The molecule has 254 valence electrons. The van der Waals surface area contributed by atoms with Crippen LogP contribution >= 0.6 is 0 Å². The molecule has 11 rings (SSSR count). The van der Waals surface area contributed by atoms with Crippen molar-refractivity contribution in [1.82, 2.24) is 13.7 Å². The van der Waals surface area contributed by atoms with Crippen LogP contribution in [0, 0.1) is 22.7 Å². The fourth-order valence-corrected chi connectivity index (χ4v) is 8.77. The van der Waals surface area contributed by atoms with E-state index in [2.05, 4.69) is 177 Å². The quantitative estimate of drug-likeness (QED) is 0.184. The molecule has 0 bridgehead atoms. The third-order valence-corrected chi connectivity index (χ3v) is 11.1. The highest BCUT2D eigenvalue weighted by Crippen LogP contribution is 2.41. The van der Waals surface area contributed by atoms with Crippen LogP contribution in [0.1, 0.15) is 11.1 Å². The minimum Gasteiger partial charge on any atom is -0.309 e. The Hall–Kier alpha value is -7.86. The van der Waals surface area contributed by atoms with Crippen LogP contribution in [-0.4, -0.2) is 13.7 Å². The molecule has 0 radical (unpaired) electrons. The van der Waals surface area contributed by atoms with Crippen molar-refractivity contribution in [2.24, 2.45) is 0 Å². The summed E-state index contributed by atoms with van der Waals surface area (Å²) in [4.78, 5) is 0. The van der Waals surface area contributed by atoms with Crippen LogP contribution in [0.15, 0.2) is 176 Å². The highest BCUT2D eigenvalue weighted by atomic mass is 15.0. The lowest BCUT2D eigenvalue weighted by Gasteiger charge is -2.14. The van der Waals surface area contributed by atoms with Crippen LogP contribution < -0.4 is 0 Å². The lowest BCUT2D eigenvalue weighted by atomic mass is 10.0. The van der Waals surface area contributed by atoms with Gasteiger partial charge in [-0.3, -0.25) is 0 Å². The Morgan fingerprint density at radius 3 is 1.58 bits per heavy atom. The van der Waals surface area contributed by atoms with Crippen LogP contribution in [0.25, 0.3) is 93.6 Å². The molecule has 0 saturated heterocycles. The first-order chi connectivity index (χ1) is 27.2. The molecule has 11 aromatic rings. The van der Waals surface area contributed by atoms with E-state index < -0.39 is 0 Å². The molecule has 0 amide bonds. The summed E-state index contributed by atoms with van der Waals surface area (Å²) in [7, 11) is 0. The summed E-state index contributed by atoms with van der Waals surface area (Å²) in [5.41, 5.74) is 12.6. The molecule has 0 spiro atoms. The Morgan fingerprint density at radius 1 is 0.345 bits per heavy atom. The number of nitriles is 2. The Morgan fingerprint density at radius 2 is 0.891 bits per heavy atom. The number of aromatic nitrogens is 3. The second kappa shape index (κ2) is 11.8. The first-order valence-electron chi connectivity index (χ1n) is 18.3. The number of rotatable bonds is 4. The predicted molar refractivity (Wildman–Crippen MR) is 224 cm³/mol. The number of hydrogen-bond acceptors (Lipinski definition) is 2. The molecule has 3 aromatic heterocycles. The molecule has 0 aliphatic carbocycles. The van der Waals surface area contributed by atoms with E-state index in [9.17, 15) is 10.5 Å². The summed E-state index contributed by atoms with van der Waals surface area (Å²) in [6, 6.07) is 65.9. The van der Waals surface area contributed by atoms with Gasteiger partial charge in [0.25, 0.3) is 0 Å². The zero-order valence-corrected chi connectivity index (χ0v) is 29.5. The highest BCUT2D eigenvalue weighted by Gasteiger charge is 2.21. The Kier molecular flexibility index (Phi) is 6.61. The highest BCUT2D eigenvalue weighted by molar-refractivity contribution is 6.17. The van der Waals surface area contributed by atoms with Crippen molar-refractivity contribution >= 4 is 65.4 Å². The second-order valence-electron chi connectivity index (χ2n) is 14.0. The van der Waals surface area contributed by atoms with Gasteiger partial charge in [0.2, 0.25) is 0 Å². The van der Waals surface area contributed by atoms with Crippen LogP contribution in [0.5, 0.6) is 0 Å². The van der Waals surface area contributed by atoms with Gasteiger partial charge in [0, 0.05) is 38.0 Å². The van der Waals surface area contributed by atoms with Crippen molar-refractivity contribution in [2.75, 3.05) is 0 Å². The molecule has 55 heavy (non-hydrogen) atoms. The Labute approximate surface area is 316 Å². The number of para-hydroxylation sites is 4. The summed E-state index contributed by atoms with van der Waals surface area (Å²) in [6.07, 6.45) is 0. The van der Waals surface area contributed by atoms with Crippen LogP contribution in [0.2, 0.25) is 0 Å². The van der Waals surface area contributed by atoms with E-state index >= 15 is 0 Å². The van der Waals surface area contributed by atoms with Crippen molar-refractivity contribution in [3.63, 3.8) is 0 Å². The van der Waals surface area contributed by atoms with E-state index in [1.165, 1.54) is 10.8 Å². The first-order valence-corrected chi connectivity index (χ1v) is 18.3. The van der Waals surface area contributed by atoms with Crippen molar-refractivity contribution in [3.8, 4) is 40.3 Å². The fraction of sp³-hybridized carbons (Fsp3) is 0. The molecular weight excluding hydrogens is 671 g/mol. The maximum atomic E-state index is 10.8. The summed E-state index contributed by atoms with van der Waals surface area (Å²) >= 11 is 0. The number of fused-ring (bicyclic) bond motifs is 9. The molecule has 0 aliphatic rings. The van der Waals surface area contributed by atoms with Gasteiger partial charge in [-0.15, -0.1) is 0 Å². The number of nitrogens with zero attached hydrogens (tertiary/aromatic N) is 5. The van der Waals surface area contributed by atoms with Gasteiger partial charge >= 0.3 is 0 Å². The number of benzene rings is 8. The van der Waals surface area contributed by atoms with Gasteiger partial charge in [-0.25, -0.2) is 0 Å². The van der Waals surface area contributed by atoms with Crippen molar-refractivity contribution < 1.29 is 0 Å². The van der Waals surface area contributed by atoms with Gasteiger partial charge in [-0.1, -0.05) is 97.1 Å². The number of hydrogen-bond donors (Lipinski definition) is 0. The maximum absolute atomic E-state index is 10.8. The summed E-state index contributed by atoms with van der Waals surface area (Å²) in [5.74, 6) is 0. The van der Waals surface area contributed by atoms with Crippen molar-refractivity contribution in [3.05, 3.63) is 187 Å². The average Bonchev–Trinajstić information content (AvgIpc) is 3.89. The summed E-state index contributed by atoms with van der Waals surface area (Å²) in [6.45, 7) is 0. The standard InChI is InChI=1S/C50H29N5/c51-30-32-23-25-47-41(27-32)39-15-3-7-19-45(39)55(47)49-22-10-21-48-50(49)40-16-4-8-20-46(40)54(48)42-26-24-34(28-35(42)31-52)33-11-9-12-36(29-33)53-43-17-5-1-13-37(43)38-14-2-6-18-44(38)53/h1-29H. The third kappa shape index (κ3) is 4.45. The van der Waals surface area contributed by atoms with Gasteiger partial charge in [0.1, 0.15) is 6.07 Å². The zero-order chi connectivity index (χ0) is 36.6. The lowest BCUT2D eigenvalue weighted by Crippen LogP contribution is -1.99. The minimum atomic E-state index is 0.591. The molecule has 0 unspecified atom stereocenters. The second-order valence-corrected chi connectivity index (χ2v) is 14.0. The maximum Gasteiger partial charge on any atom is 0.101 e. The smallest absolute Gasteiger partial charge is 0.101 e. The molecule has 5 heteroatoms. The van der Waals surface area contributed by atoms with Crippen LogP contribution in [-0.2, 0) is 0 Å². The normalized spacial score (nSPS) is 11.6. The summed E-state index contributed by atoms with van der Waals surface area (Å²) < 4.78 is 6.86. The van der Waals surface area contributed by atoms with E-state index in [4.69, 9.17) is 0 Å². The zero-order valence-electron chi connectivity index (χ0n) is 29.5. The molecule has 0 N–H and O–H groups in total. The predicted octanol–water partition coefficient (Wildman–Crippen LogP) is 12.4. The van der Waals surface area contributed by atoms with Crippen molar-refractivity contribution in [1.29, 1.82) is 10.5 Å². The van der Waals surface area contributed by atoms with E-state index in [0.717, 1.165) is 82.8 Å². The largest absolute Gasteiger partial charge is 0.309 e. The Bertz CT molecular complexity index is 3420. The monoisotopic (exact) mass is 699 g/mol. The van der Waals surface area contributed by atoms with Gasteiger partial charge < -0.3 is 13.7 Å². The third-order valence-electron chi connectivity index (χ3n) is 11.1. The lowest BCUT2D eigenvalue weighted by molar-refractivity contribution is 1.16. The molecule has 0 saturated carbocycles. The van der Waals surface area contributed by atoms with Crippen LogP contribution in [0.3, 0.4) is 0 Å². The minimum absolute atomic E-state index is 0.591. The Balaban J connectivity index is 1.10. The van der Waals surface area contributed by atoms with E-state index in [-0.39, 0.29) is 0 Å². The first kappa shape index (κ1) is 30.7. The van der Waals surface area contributed by atoms with Gasteiger partial charge in [0.05, 0.1) is 61.7 Å². The topological polar surface area (TPSA) is 62.4 Å². The van der Waals surface area contributed by atoms with E-state index in [1.807, 2.05) is 24.3 Å². The molecule has 8 aromatic carbocycles. The van der Waals surface area contributed by atoms with Crippen molar-refractivity contribution in [2.45, 2.75) is 0 Å². The van der Waals surface area contributed by atoms with Crippen LogP contribution in [0.4, 0.5) is 0 Å². The fourth-order valence-electron chi connectivity index (χ4n) is 8.77. The van der Waals surface area contributed by atoms with Gasteiger partial charge in [-0.2, -0.15) is 10.5 Å². The molecular formula is C50H29N5. The SMILES string of the molecule is N#Cc1ccc2c(c1)c1ccccc1n2-c1cccc2c1c1ccccc1n2-c1ccc(-c2cccc(-n3c4ccccc4c4ccccc43)c2)cc1C#N. The molecule has 0 aliphatic heterocycles. The van der Waals surface area contributed by atoms with Gasteiger partial charge in [0.15, 0.2) is 0 Å². The molecule has 0 atom stereocenters. The molecule has 3 heterocycles. The van der Waals surface area contributed by atoms with E-state index in [1.54, 1.807) is 0 Å². The van der Waals surface area contributed by atoms with E-state index in [0.29, 0.717) is 11.1 Å². The summed E-state index contributed by atoms with van der Waals surface area (Å²) in [5, 5.41) is 27.3. The van der Waals surface area contributed by atoms with Gasteiger partial charge in [-0.05, 0) is 90.0 Å².